The van der Waals surface area contributed by atoms with E-state index in [1.54, 1.807) is 14.2 Å². The van der Waals surface area contributed by atoms with Gasteiger partial charge in [0.1, 0.15) is 0 Å². The normalized spacial score (nSPS) is 15.1. The van der Waals surface area contributed by atoms with Gasteiger partial charge < -0.3 is 14.8 Å². The summed E-state index contributed by atoms with van der Waals surface area (Å²) in [6.07, 6.45) is 3.73. The zero-order valence-corrected chi connectivity index (χ0v) is 14.9. The summed E-state index contributed by atoms with van der Waals surface area (Å²) in [5.41, 5.74) is 1.91. The third kappa shape index (κ3) is 3.48. The summed E-state index contributed by atoms with van der Waals surface area (Å²) < 4.78 is 10.6. The van der Waals surface area contributed by atoms with E-state index in [9.17, 15) is 4.79 Å². The third-order valence-corrected chi connectivity index (χ3v) is 5.12. The van der Waals surface area contributed by atoms with Crippen molar-refractivity contribution in [3.8, 4) is 11.5 Å². The van der Waals surface area contributed by atoms with Gasteiger partial charge in [-0.05, 0) is 42.5 Å². The van der Waals surface area contributed by atoms with E-state index in [2.05, 4.69) is 17.4 Å². The van der Waals surface area contributed by atoms with Gasteiger partial charge in [0.15, 0.2) is 11.5 Å². The van der Waals surface area contributed by atoms with E-state index in [1.807, 2.05) is 36.4 Å². The van der Waals surface area contributed by atoms with Crippen molar-refractivity contribution in [3.63, 3.8) is 0 Å². The lowest BCUT2D eigenvalue weighted by Gasteiger charge is -2.40. The number of carbonyl (C=O) groups excluding carboxylic acids is 1. The third-order valence-electron chi connectivity index (χ3n) is 5.12. The Hall–Kier alpha value is -2.49. The Morgan fingerprint density at radius 1 is 1.04 bits per heavy atom. The van der Waals surface area contributed by atoms with Crippen molar-refractivity contribution in [3.05, 3.63) is 59.7 Å². The van der Waals surface area contributed by atoms with E-state index >= 15 is 0 Å². The van der Waals surface area contributed by atoms with Gasteiger partial charge >= 0.3 is 0 Å². The quantitative estimate of drug-likeness (QED) is 0.840. The zero-order chi connectivity index (χ0) is 17.7. The van der Waals surface area contributed by atoms with Crippen LogP contribution in [-0.2, 0) is 16.6 Å². The van der Waals surface area contributed by atoms with Gasteiger partial charge in [-0.15, -0.1) is 0 Å². The largest absolute Gasteiger partial charge is 0.493 e. The molecule has 1 aliphatic carbocycles. The van der Waals surface area contributed by atoms with Crippen LogP contribution in [0.1, 0.15) is 30.4 Å². The highest BCUT2D eigenvalue weighted by atomic mass is 16.5. The molecule has 0 aromatic heterocycles. The number of benzene rings is 2. The van der Waals surface area contributed by atoms with Crippen LogP contribution in [0.15, 0.2) is 48.5 Å². The van der Waals surface area contributed by atoms with Crippen LogP contribution in [0.3, 0.4) is 0 Å². The molecule has 0 radical (unpaired) electrons. The monoisotopic (exact) mass is 339 g/mol. The minimum absolute atomic E-state index is 0.144. The molecule has 0 saturated heterocycles. The van der Waals surface area contributed by atoms with Gasteiger partial charge in [0.05, 0.1) is 19.6 Å². The average Bonchev–Trinajstić information content (AvgIpc) is 2.61. The molecule has 1 fully saturated rings. The topological polar surface area (TPSA) is 47.6 Å². The highest BCUT2D eigenvalue weighted by molar-refractivity contribution is 5.89. The van der Waals surface area contributed by atoms with Crippen LogP contribution in [-0.4, -0.2) is 26.7 Å². The summed E-state index contributed by atoms with van der Waals surface area (Å²) in [6.45, 7) is 0.614. The van der Waals surface area contributed by atoms with Crippen molar-refractivity contribution in [2.45, 2.75) is 31.1 Å². The smallest absolute Gasteiger partial charge is 0.230 e. The van der Waals surface area contributed by atoms with E-state index in [-0.39, 0.29) is 11.3 Å². The van der Waals surface area contributed by atoms with Crippen molar-refractivity contribution in [2.24, 2.45) is 0 Å². The number of methoxy groups -OCH3 is 2. The van der Waals surface area contributed by atoms with Crippen molar-refractivity contribution >= 4 is 5.91 Å². The van der Waals surface area contributed by atoms with Crippen molar-refractivity contribution in [1.82, 2.24) is 5.32 Å². The summed E-state index contributed by atoms with van der Waals surface area (Å²) in [5, 5.41) is 3.13. The first-order chi connectivity index (χ1) is 12.2. The van der Waals surface area contributed by atoms with Crippen LogP contribution in [0, 0.1) is 0 Å². The SMILES string of the molecule is COc1ccc(CCNC(=O)C2(c3ccccc3)CCC2)cc1OC. The summed E-state index contributed by atoms with van der Waals surface area (Å²) in [6, 6.07) is 16.0. The van der Waals surface area contributed by atoms with Gasteiger partial charge in [-0.1, -0.05) is 42.8 Å². The lowest BCUT2D eigenvalue weighted by atomic mass is 9.64. The molecule has 0 heterocycles. The van der Waals surface area contributed by atoms with Crippen molar-refractivity contribution in [1.29, 1.82) is 0 Å². The van der Waals surface area contributed by atoms with Crippen LogP contribution in [0.2, 0.25) is 0 Å². The average molecular weight is 339 g/mol. The first-order valence-corrected chi connectivity index (χ1v) is 8.74. The second-order valence-electron chi connectivity index (χ2n) is 6.50. The molecular formula is C21H25NO3. The Labute approximate surface area is 149 Å². The Morgan fingerprint density at radius 2 is 1.76 bits per heavy atom. The first-order valence-electron chi connectivity index (χ1n) is 8.74. The molecule has 4 nitrogen and oxygen atoms in total. The van der Waals surface area contributed by atoms with Crippen molar-refractivity contribution in [2.75, 3.05) is 20.8 Å². The standard InChI is InChI=1S/C21H25NO3/c1-24-18-10-9-16(15-19(18)25-2)11-14-22-20(23)21(12-6-13-21)17-7-4-3-5-8-17/h3-5,7-10,15H,6,11-14H2,1-2H3,(H,22,23). The molecule has 1 saturated carbocycles. The Morgan fingerprint density at radius 3 is 2.36 bits per heavy atom. The maximum atomic E-state index is 12.8. The predicted octanol–water partition coefficient (Wildman–Crippen LogP) is 3.48. The van der Waals surface area contributed by atoms with E-state index in [1.165, 1.54) is 0 Å². The molecule has 3 rings (SSSR count). The second kappa shape index (κ2) is 7.60. The predicted molar refractivity (Wildman–Crippen MR) is 98.2 cm³/mol. The van der Waals surface area contributed by atoms with E-state index in [0.29, 0.717) is 18.0 Å². The van der Waals surface area contributed by atoms with Crippen LogP contribution in [0.5, 0.6) is 11.5 Å². The van der Waals surface area contributed by atoms with Crippen LogP contribution in [0.4, 0.5) is 0 Å². The van der Waals surface area contributed by atoms with Crippen LogP contribution in [0.25, 0.3) is 0 Å². The highest BCUT2D eigenvalue weighted by Crippen LogP contribution is 2.43. The summed E-state index contributed by atoms with van der Waals surface area (Å²) in [4.78, 5) is 12.8. The van der Waals surface area contributed by atoms with E-state index in [0.717, 1.165) is 36.8 Å². The summed E-state index contributed by atoms with van der Waals surface area (Å²) in [5.74, 6) is 1.57. The molecule has 1 amide bonds. The fourth-order valence-electron chi connectivity index (χ4n) is 3.46. The minimum atomic E-state index is -0.334. The molecule has 132 valence electrons. The maximum absolute atomic E-state index is 12.8. The number of amides is 1. The molecule has 0 aliphatic heterocycles. The van der Waals surface area contributed by atoms with Crippen LogP contribution >= 0.6 is 0 Å². The fourth-order valence-corrected chi connectivity index (χ4v) is 3.46. The molecule has 4 heteroatoms. The molecule has 25 heavy (non-hydrogen) atoms. The Bertz CT molecular complexity index is 723. The van der Waals surface area contributed by atoms with E-state index < -0.39 is 0 Å². The first kappa shape index (κ1) is 17.3. The van der Waals surface area contributed by atoms with Gasteiger partial charge in [0, 0.05) is 6.54 Å². The number of nitrogens with one attached hydrogen (secondary N) is 1. The summed E-state index contributed by atoms with van der Waals surface area (Å²) >= 11 is 0. The van der Waals surface area contributed by atoms with Gasteiger partial charge in [0.2, 0.25) is 5.91 Å². The molecule has 0 bridgehead atoms. The number of rotatable bonds is 7. The van der Waals surface area contributed by atoms with Gasteiger partial charge in [0.25, 0.3) is 0 Å². The second-order valence-corrected chi connectivity index (χ2v) is 6.50. The number of hydrogen-bond acceptors (Lipinski definition) is 3. The van der Waals surface area contributed by atoms with Crippen molar-refractivity contribution < 1.29 is 14.3 Å². The number of ether oxygens (including phenoxy) is 2. The minimum Gasteiger partial charge on any atom is -0.493 e. The van der Waals surface area contributed by atoms with Crippen LogP contribution < -0.4 is 14.8 Å². The molecule has 1 N–H and O–H groups in total. The maximum Gasteiger partial charge on any atom is 0.230 e. The molecule has 2 aromatic carbocycles. The number of hydrogen-bond donors (Lipinski definition) is 1. The van der Waals surface area contributed by atoms with Gasteiger partial charge in [-0.2, -0.15) is 0 Å². The molecule has 0 spiro atoms. The lowest BCUT2D eigenvalue weighted by molar-refractivity contribution is -0.129. The van der Waals surface area contributed by atoms with Gasteiger partial charge in [-0.3, -0.25) is 4.79 Å². The molecule has 2 aromatic rings. The Kier molecular flexibility index (Phi) is 5.27. The Balaban J connectivity index is 1.61. The lowest BCUT2D eigenvalue weighted by Crippen LogP contribution is -2.49. The fraction of sp³-hybridized carbons (Fsp3) is 0.381. The molecule has 0 unspecified atom stereocenters. The molecular weight excluding hydrogens is 314 g/mol. The molecule has 1 aliphatic rings. The van der Waals surface area contributed by atoms with Gasteiger partial charge in [-0.25, -0.2) is 0 Å². The van der Waals surface area contributed by atoms with E-state index in [4.69, 9.17) is 9.47 Å². The number of carbonyl (C=O) groups is 1. The summed E-state index contributed by atoms with van der Waals surface area (Å²) in [7, 11) is 3.25. The zero-order valence-electron chi connectivity index (χ0n) is 14.9. The highest BCUT2D eigenvalue weighted by Gasteiger charge is 2.45. The molecule has 0 atom stereocenters.